The fraction of sp³-hybridized carbons (Fsp3) is 0.867. The molecule has 0 amide bonds. The highest BCUT2D eigenvalue weighted by molar-refractivity contribution is 5.36. The Morgan fingerprint density at radius 1 is 1.18 bits per heavy atom. The number of fused-ring (bicyclic) bond motifs is 3. The summed E-state index contributed by atoms with van der Waals surface area (Å²) in [6, 6.07) is 0. The third-order valence-electron chi connectivity index (χ3n) is 5.74. The van der Waals surface area contributed by atoms with Gasteiger partial charge in [-0.2, -0.15) is 0 Å². The molecule has 0 aromatic carbocycles. The first-order valence-corrected chi connectivity index (χ1v) is 6.82. The van der Waals surface area contributed by atoms with E-state index in [2.05, 4.69) is 33.8 Å². The van der Waals surface area contributed by atoms with Gasteiger partial charge in [0.15, 0.2) is 0 Å². The zero-order chi connectivity index (χ0) is 12.3. The molecular weight excluding hydrogens is 212 g/mol. The van der Waals surface area contributed by atoms with Crippen LogP contribution in [0.3, 0.4) is 0 Å². The number of allylic oxidation sites excluding steroid dienone is 1. The molecule has 0 bridgehead atoms. The minimum atomic E-state index is 0.137. The molecule has 1 saturated heterocycles. The lowest BCUT2D eigenvalue weighted by atomic mass is 9.54. The van der Waals surface area contributed by atoms with Crippen LogP contribution in [-0.4, -0.2) is 19.5 Å². The highest BCUT2D eigenvalue weighted by Crippen LogP contribution is 2.64. The highest BCUT2D eigenvalue weighted by atomic mass is 16.7. The van der Waals surface area contributed by atoms with E-state index in [4.69, 9.17) is 9.47 Å². The normalized spacial score (nSPS) is 48.2. The summed E-state index contributed by atoms with van der Waals surface area (Å²) in [5.74, 6) is 0. The summed E-state index contributed by atoms with van der Waals surface area (Å²) in [6.45, 7) is 10.8. The first-order valence-electron chi connectivity index (χ1n) is 6.82. The number of hydrogen-bond donors (Lipinski definition) is 0. The summed E-state index contributed by atoms with van der Waals surface area (Å²) < 4.78 is 11.5. The Labute approximate surface area is 104 Å². The fourth-order valence-electron chi connectivity index (χ4n) is 4.40. The monoisotopic (exact) mass is 236 g/mol. The van der Waals surface area contributed by atoms with Crippen molar-refractivity contribution in [3.8, 4) is 0 Å². The molecule has 0 aromatic rings. The largest absolute Gasteiger partial charge is 0.355 e. The predicted molar refractivity (Wildman–Crippen MR) is 67.6 cm³/mol. The summed E-state index contributed by atoms with van der Waals surface area (Å²) >= 11 is 0. The standard InChI is InChI=1S/C15H24O2/c1-13(2)6-5-7-14(3)11(13)8-12-15(14,4)9-16-10-17-12/h8,12H,5-7,9-10H2,1-4H3/t12-,14+,15-/m0/s1. The van der Waals surface area contributed by atoms with Crippen LogP contribution in [-0.2, 0) is 9.47 Å². The van der Waals surface area contributed by atoms with Gasteiger partial charge in [-0.25, -0.2) is 0 Å². The van der Waals surface area contributed by atoms with Crippen LogP contribution in [0.1, 0.15) is 47.0 Å². The van der Waals surface area contributed by atoms with Crippen molar-refractivity contribution in [2.75, 3.05) is 13.4 Å². The van der Waals surface area contributed by atoms with E-state index in [1.807, 2.05) is 0 Å². The Kier molecular flexibility index (Phi) is 2.32. The minimum Gasteiger partial charge on any atom is -0.355 e. The number of rotatable bonds is 0. The quantitative estimate of drug-likeness (QED) is 0.599. The van der Waals surface area contributed by atoms with Crippen molar-refractivity contribution in [1.82, 2.24) is 0 Å². The molecule has 0 N–H and O–H groups in total. The van der Waals surface area contributed by atoms with Crippen LogP contribution in [0, 0.1) is 16.2 Å². The second-order valence-corrected chi connectivity index (χ2v) is 7.12. The maximum atomic E-state index is 5.86. The summed E-state index contributed by atoms with van der Waals surface area (Å²) in [7, 11) is 0. The molecule has 2 aliphatic carbocycles. The van der Waals surface area contributed by atoms with E-state index in [0.29, 0.717) is 12.2 Å². The Bertz CT molecular complexity index is 371. The lowest BCUT2D eigenvalue weighted by molar-refractivity contribution is -0.211. The Morgan fingerprint density at radius 3 is 2.71 bits per heavy atom. The van der Waals surface area contributed by atoms with Gasteiger partial charge in [0, 0.05) is 5.41 Å². The van der Waals surface area contributed by atoms with Crippen molar-refractivity contribution >= 4 is 0 Å². The Balaban J connectivity index is 2.08. The van der Waals surface area contributed by atoms with Gasteiger partial charge in [0.05, 0.1) is 12.7 Å². The Hall–Kier alpha value is -0.340. The van der Waals surface area contributed by atoms with Crippen molar-refractivity contribution in [2.24, 2.45) is 16.2 Å². The third-order valence-corrected chi connectivity index (χ3v) is 5.74. The molecule has 0 radical (unpaired) electrons. The van der Waals surface area contributed by atoms with E-state index < -0.39 is 0 Å². The molecule has 1 aliphatic heterocycles. The summed E-state index contributed by atoms with van der Waals surface area (Å²) in [5.41, 5.74) is 2.35. The van der Waals surface area contributed by atoms with Gasteiger partial charge in [-0.1, -0.05) is 45.8 Å². The molecule has 0 aromatic heterocycles. The van der Waals surface area contributed by atoms with Crippen LogP contribution in [0.15, 0.2) is 11.6 Å². The first kappa shape index (κ1) is 11.7. The molecule has 17 heavy (non-hydrogen) atoms. The zero-order valence-corrected chi connectivity index (χ0v) is 11.5. The number of hydrogen-bond acceptors (Lipinski definition) is 2. The maximum absolute atomic E-state index is 5.86. The third kappa shape index (κ3) is 1.34. The molecule has 2 nitrogen and oxygen atoms in total. The van der Waals surface area contributed by atoms with Gasteiger partial charge in [0.1, 0.15) is 6.79 Å². The van der Waals surface area contributed by atoms with Gasteiger partial charge in [-0.05, 0) is 23.7 Å². The topological polar surface area (TPSA) is 18.5 Å². The molecule has 0 unspecified atom stereocenters. The van der Waals surface area contributed by atoms with E-state index in [9.17, 15) is 0 Å². The molecule has 1 heterocycles. The van der Waals surface area contributed by atoms with Crippen LogP contribution in [0.25, 0.3) is 0 Å². The summed E-state index contributed by atoms with van der Waals surface area (Å²) in [6.07, 6.45) is 6.58. The van der Waals surface area contributed by atoms with E-state index in [-0.39, 0.29) is 16.9 Å². The van der Waals surface area contributed by atoms with Gasteiger partial charge in [-0.15, -0.1) is 0 Å². The van der Waals surface area contributed by atoms with Gasteiger partial charge >= 0.3 is 0 Å². The summed E-state index contributed by atoms with van der Waals surface area (Å²) in [4.78, 5) is 0. The van der Waals surface area contributed by atoms with E-state index in [0.717, 1.165) is 6.61 Å². The molecule has 1 saturated carbocycles. The molecule has 0 spiro atoms. The van der Waals surface area contributed by atoms with Crippen molar-refractivity contribution in [3.05, 3.63) is 11.6 Å². The Morgan fingerprint density at radius 2 is 1.94 bits per heavy atom. The van der Waals surface area contributed by atoms with E-state index in [1.165, 1.54) is 19.3 Å². The van der Waals surface area contributed by atoms with Crippen molar-refractivity contribution in [2.45, 2.75) is 53.1 Å². The smallest absolute Gasteiger partial charge is 0.147 e. The highest BCUT2D eigenvalue weighted by Gasteiger charge is 2.60. The van der Waals surface area contributed by atoms with E-state index in [1.54, 1.807) is 5.57 Å². The van der Waals surface area contributed by atoms with Crippen LogP contribution in [0.4, 0.5) is 0 Å². The van der Waals surface area contributed by atoms with Crippen molar-refractivity contribution < 1.29 is 9.47 Å². The van der Waals surface area contributed by atoms with Gasteiger partial charge in [0.25, 0.3) is 0 Å². The molecule has 3 atom stereocenters. The lowest BCUT2D eigenvalue weighted by Crippen LogP contribution is -2.51. The SMILES string of the molecule is CC1(C)CCC[C@]2(C)C1=C[C@@H]1OCOC[C@@]12C. The molecule has 3 aliphatic rings. The van der Waals surface area contributed by atoms with Crippen LogP contribution >= 0.6 is 0 Å². The predicted octanol–water partition coefficient (Wildman–Crippen LogP) is 3.52. The molecule has 2 fully saturated rings. The second kappa shape index (κ2) is 3.36. The average Bonchev–Trinajstić information content (AvgIpc) is 2.49. The molecule has 2 heteroatoms. The van der Waals surface area contributed by atoms with Crippen molar-refractivity contribution in [1.29, 1.82) is 0 Å². The van der Waals surface area contributed by atoms with Crippen molar-refractivity contribution in [3.63, 3.8) is 0 Å². The van der Waals surface area contributed by atoms with Gasteiger partial charge < -0.3 is 9.47 Å². The molecule has 3 rings (SSSR count). The van der Waals surface area contributed by atoms with Gasteiger partial charge in [0.2, 0.25) is 0 Å². The van der Waals surface area contributed by atoms with Crippen LogP contribution in [0.2, 0.25) is 0 Å². The van der Waals surface area contributed by atoms with Crippen LogP contribution in [0.5, 0.6) is 0 Å². The lowest BCUT2D eigenvalue weighted by Gasteiger charge is -2.53. The fourth-order valence-corrected chi connectivity index (χ4v) is 4.40. The van der Waals surface area contributed by atoms with Gasteiger partial charge in [-0.3, -0.25) is 0 Å². The minimum absolute atomic E-state index is 0.137. The maximum Gasteiger partial charge on any atom is 0.147 e. The van der Waals surface area contributed by atoms with Crippen LogP contribution < -0.4 is 0 Å². The zero-order valence-electron chi connectivity index (χ0n) is 11.5. The average molecular weight is 236 g/mol. The number of ether oxygens (including phenoxy) is 2. The first-order chi connectivity index (χ1) is 7.90. The van der Waals surface area contributed by atoms with E-state index >= 15 is 0 Å². The second-order valence-electron chi connectivity index (χ2n) is 7.12. The molecular formula is C15H24O2. The summed E-state index contributed by atoms with van der Waals surface area (Å²) in [5, 5.41) is 0. The molecule has 96 valence electrons.